The maximum absolute atomic E-state index is 13.4. The van der Waals surface area contributed by atoms with Crippen LogP contribution in [0, 0.1) is 11.6 Å². The third kappa shape index (κ3) is 3.93. The maximum Gasteiger partial charge on any atom is 0.251 e. The standard InChI is InChI=1S/C20H18F2N4O/c21-16-4-3-13(8-17(16)22)11-26-7-5-15(12-26)20-24-18(9-19(27)25-20)14-2-1-6-23-10-14/h1-4,6,8-10,15H,5,7,11-12H2,(H,24,25,27). The van der Waals surface area contributed by atoms with Crippen LogP contribution in [0.2, 0.25) is 0 Å². The number of nitrogens with zero attached hydrogens (tertiary/aromatic N) is 3. The van der Waals surface area contributed by atoms with Gasteiger partial charge >= 0.3 is 0 Å². The summed E-state index contributed by atoms with van der Waals surface area (Å²) in [5.41, 5.74) is 1.92. The SMILES string of the molecule is O=c1cc(-c2cccnc2)nc(C2CCN(Cc3ccc(F)c(F)c3)C2)[nH]1. The first-order valence-corrected chi connectivity index (χ1v) is 8.76. The summed E-state index contributed by atoms with van der Waals surface area (Å²) in [7, 11) is 0. The number of halogens is 2. The van der Waals surface area contributed by atoms with Crippen LogP contribution in [0.15, 0.2) is 53.6 Å². The number of benzene rings is 1. The number of hydrogen-bond acceptors (Lipinski definition) is 4. The Hall–Kier alpha value is -2.93. The van der Waals surface area contributed by atoms with Crippen LogP contribution in [-0.4, -0.2) is 32.9 Å². The molecular formula is C20H18F2N4O. The van der Waals surface area contributed by atoms with Crippen LogP contribution in [0.5, 0.6) is 0 Å². The molecule has 1 N–H and O–H groups in total. The second-order valence-electron chi connectivity index (χ2n) is 6.73. The lowest BCUT2D eigenvalue weighted by Crippen LogP contribution is -2.21. The fourth-order valence-corrected chi connectivity index (χ4v) is 3.43. The highest BCUT2D eigenvalue weighted by molar-refractivity contribution is 5.56. The van der Waals surface area contributed by atoms with E-state index in [1.54, 1.807) is 24.5 Å². The first kappa shape index (κ1) is 17.5. The average Bonchev–Trinajstić information content (AvgIpc) is 3.13. The van der Waals surface area contributed by atoms with Crippen molar-refractivity contribution in [1.29, 1.82) is 0 Å². The largest absolute Gasteiger partial charge is 0.310 e. The molecule has 1 saturated heterocycles. The van der Waals surface area contributed by atoms with Crippen LogP contribution in [0.4, 0.5) is 8.78 Å². The topological polar surface area (TPSA) is 61.9 Å². The van der Waals surface area contributed by atoms with Crippen molar-refractivity contribution in [3.63, 3.8) is 0 Å². The molecule has 0 aliphatic carbocycles. The van der Waals surface area contributed by atoms with Gasteiger partial charge in [-0.2, -0.15) is 0 Å². The van der Waals surface area contributed by atoms with Crippen LogP contribution in [0.3, 0.4) is 0 Å². The summed E-state index contributed by atoms with van der Waals surface area (Å²) < 4.78 is 26.5. The summed E-state index contributed by atoms with van der Waals surface area (Å²) in [6.45, 7) is 2.02. The van der Waals surface area contributed by atoms with E-state index in [-0.39, 0.29) is 11.5 Å². The lowest BCUT2D eigenvalue weighted by Gasteiger charge is -2.16. The summed E-state index contributed by atoms with van der Waals surface area (Å²) in [6.07, 6.45) is 4.18. The van der Waals surface area contributed by atoms with Crippen molar-refractivity contribution < 1.29 is 8.78 Å². The van der Waals surface area contributed by atoms with E-state index in [2.05, 4.69) is 19.9 Å². The highest BCUT2D eigenvalue weighted by Crippen LogP contribution is 2.27. The Balaban J connectivity index is 1.51. The molecule has 3 aromatic rings. The Morgan fingerprint density at radius 3 is 2.85 bits per heavy atom. The Morgan fingerprint density at radius 2 is 2.07 bits per heavy atom. The van der Waals surface area contributed by atoms with Gasteiger partial charge < -0.3 is 4.98 Å². The molecule has 0 bridgehead atoms. The van der Waals surface area contributed by atoms with Gasteiger partial charge in [0.2, 0.25) is 0 Å². The highest BCUT2D eigenvalue weighted by atomic mass is 19.2. The van der Waals surface area contributed by atoms with Gasteiger partial charge in [-0.3, -0.25) is 14.7 Å². The molecule has 1 aromatic carbocycles. The molecular weight excluding hydrogens is 350 g/mol. The molecule has 1 fully saturated rings. The predicted octanol–water partition coefficient (Wildman–Crippen LogP) is 3.10. The molecule has 1 aliphatic rings. The molecule has 138 valence electrons. The van der Waals surface area contributed by atoms with E-state index in [1.165, 1.54) is 12.1 Å². The van der Waals surface area contributed by atoms with Crippen LogP contribution in [0.1, 0.15) is 23.7 Å². The first-order chi connectivity index (χ1) is 13.1. The molecule has 0 saturated carbocycles. The zero-order valence-corrected chi connectivity index (χ0v) is 14.5. The summed E-state index contributed by atoms with van der Waals surface area (Å²) >= 11 is 0. The van der Waals surface area contributed by atoms with Gasteiger partial charge in [-0.05, 0) is 42.8 Å². The van der Waals surface area contributed by atoms with Crippen molar-refractivity contribution in [3.05, 3.63) is 82.2 Å². The number of likely N-dealkylation sites (tertiary alicyclic amines) is 1. The molecule has 0 radical (unpaired) electrons. The predicted molar refractivity (Wildman–Crippen MR) is 97.1 cm³/mol. The van der Waals surface area contributed by atoms with Gasteiger partial charge in [-0.25, -0.2) is 13.8 Å². The molecule has 3 heterocycles. The van der Waals surface area contributed by atoms with Gasteiger partial charge in [-0.1, -0.05) is 6.07 Å². The van der Waals surface area contributed by atoms with Gasteiger partial charge in [0.1, 0.15) is 5.82 Å². The van der Waals surface area contributed by atoms with Crippen LogP contribution >= 0.6 is 0 Å². The van der Waals surface area contributed by atoms with Gasteiger partial charge in [-0.15, -0.1) is 0 Å². The van der Waals surface area contributed by atoms with Gasteiger partial charge in [0.05, 0.1) is 5.69 Å². The van der Waals surface area contributed by atoms with Crippen LogP contribution in [0.25, 0.3) is 11.3 Å². The second kappa shape index (κ2) is 7.36. The van der Waals surface area contributed by atoms with Crippen LogP contribution < -0.4 is 5.56 Å². The number of aromatic amines is 1. The Labute approximate surface area is 154 Å². The minimum atomic E-state index is -0.841. The van der Waals surface area contributed by atoms with Crippen molar-refractivity contribution in [2.24, 2.45) is 0 Å². The lowest BCUT2D eigenvalue weighted by molar-refractivity contribution is 0.324. The van der Waals surface area contributed by atoms with E-state index in [9.17, 15) is 13.6 Å². The van der Waals surface area contributed by atoms with Crippen molar-refractivity contribution in [1.82, 2.24) is 19.9 Å². The van der Waals surface area contributed by atoms with Gasteiger partial charge in [0, 0.05) is 43.0 Å². The fraction of sp³-hybridized carbons (Fsp3) is 0.250. The Morgan fingerprint density at radius 1 is 1.19 bits per heavy atom. The number of rotatable bonds is 4. The molecule has 0 spiro atoms. The number of hydrogen-bond donors (Lipinski definition) is 1. The van der Waals surface area contributed by atoms with E-state index >= 15 is 0 Å². The lowest BCUT2D eigenvalue weighted by atomic mass is 10.1. The molecule has 2 aromatic heterocycles. The van der Waals surface area contributed by atoms with Crippen molar-refractivity contribution in [3.8, 4) is 11.3 Å². The van der Waals surface area contributed by atoms with Crippen molar-refractivity contribution in [2.75, 3.05) is 13.1 Å². The van der Waals surface area contributed by atoms with Gasteiger partial charge in [0.15, 0.2) is 11.6 Å². The fourth-order valence-electron chi connectivity index (χ4n) is 3.43. The molecule has 1 aliphatic heterocycles. The molecule has 4 rings (SSSR count). The highest BCUT2D eigenvalue weighted by Gasteiger charge is 2.26. The van der Waals surface area contributed by atoms with Crippen molar-refractivity contribution >= 4 is 0 Å². The molecule has 0 amide bonds. The smallest absolute Gasteiger partial charge is 0.251 e. The quantitative estimate of drug-likeness (QED) is 0.769. The Bertz CT molecular complexity index is 1010. The minimum absolute atomic E-state index is 0.0830. The summed E-state index contributed by atoms with van der Waals surface area (Å²) in [4.78, 5) is 25.8. The van der Waals surface area contributed by atoms with E-state index in [1.807, 2.05) is 6.07 Å². The summed E-state index contributed by atoms with van der Waals surface area (Å²) in [5, 5.41) is 0. The van der Waals surface area contributed by atoms with Crippen molar-refractivity contribution in [2.45, 2.75) is 18.9 Å². The molecule has 7 heteroatoms. The summed E-state index contributed by atoms with van der Waals surface area (Å²) in [5.74, 6) is -0.945. The van der Waals surface area contributed by atoms with E-state index in [0.717, 1.165) is 30.2 Å². The number of pyridine rings is 1. The monoisotopic (exact) mass is 368 g/mol. The molecule has 5 nitrogen and oxygen atoms in total. The maximum atomic E-state index is 13.4. The molecule has 1 unspecified atom stereocenters. The van der Waals surface area contributed by atoms with E-state index in [4.69, 9.17) is 0 Å². The van der Waals surface area contributed by atoms with E-state index in [0.29, 0.717) is 24.6 Å². The zero-order valence-electron chi connectivity index (χ0n) is 14.5. The molecule has 27 heavy (non-hydrogen) atoms. The number of H-pyrrole nitrogens is 1. The average molecular weight is 368 g/mol. The summed E-state index contributed by atoms with van der Waals surface area (Å²) in [6, 6.07) is 9.10. The Kier molecular flexibility index (Phi) is 4.77. The third-order valence-corrected chi connectivity index (χ3v) is 4.77. The molecule has 1 atom stereocenters. The number of aromatic nitrogens is 3. The first-order valence-electron chi connectivity index (χ1n) is 8.76. The van der Waals surface area contributed by atoms with Gasteiger partial charge in [0.25, 0.3) is 5.56 Å². The normalized spacial score (nSPS) is 17.3. The number of nitrogens with one attached hydrogen (secondary N) is 1. The van der Waals surface area contributed by atoms with E-state index < -0.39 is 11.6 Å². The second-order valence-corrected chi connectivity index (χ2v) is 6.73. The van der Waals surface area contributed by atoms with Crippen LogP contribution in [-0.2, 0) is 6.54 Å². The third-order valence-electron chi connectivity index (χ3n) is 4.77. The zero-order chi connectivity index (χ0) is 18.8. The minimum Gasteiger partial charge on any atom is -0.310 e.